The van der Waals surface area contributed by atoms with Gasteiger partial charge in [-0.2, -0.15) is 0 Å². The Bertz CT molecular complexity index is 716. The van der Waals surface area contributed by atoms with Crippen molar-refractivity contribution in [2.75, 3.05) is 7.11 Å². The van der Waals surface area contributed by atoms with E-state index in [1.807, 2.05) is 36.4 Å². The number of fused-ring (bicyclic) bond motifs is 1. The number of benzene rings is 2. The van der Waals surface area contributed by atoms with Crippen molar-refractivity contribution in [3.05, 3.63) is 42.0 Å². The SMILES string of the molecule is COc1cccc2ccc(C(C(=O)O)C3(O)CCCCC3)cc12. The summed E-state index contributed by atoms with van der Waals surface area (Å²) in [7, 11) is 1.60. The van der Waals surface area contributed by atoms with Crippen LogP contribution in [0.4, 0.5) is 0 Å². The van der Waals surface area contributed by atoms with Crippen LogP contribution in [0.5, 0.6) is 5.75 Å². The van der Waals surface area contributed by atoms with Crippen molar-refractivity contribution in [3.63, 3.8) is 0 Å². The molecule has 0 heterocycles. The summed E-state index contributed by atoms with van der Waals surface area (Å²) in [4.78, 5) is 11.9. The summed E-state index contributed by atoms with van der Waals surface area (Å²) in [6.07, 6.45) is 3.87. The Morgan fingerprint density at radius 2 is 1.91 bits per heavy atom. The molecular weight excluding hydrogens is 292 g/mol. The smallest absolute Gasteiger partial charge is 0.313 e. The Morgan fingerprint density at radius 1 is 1.17 bits per heavy atom. The van der Waals surface area contributed by atoms with Gasteiger partial charge in [-0.1, -0.05) is 43.5 Å². The summed E-state index contributed by atoms with van der Waals surface area (Å²) in [6.45, 7) is 0. The van der Waals surface area contributed by atoms with Gasteiger partial charge in [0.1, 0.15) is 11.7 Å². The second kappa shape index (κ2) is 6.20. The molecule has 3 rings (SSSR count). The van der Waals surface area contributed by atoms with Gasteiger partial charge in [0.05, 0.1) is 12.7 Å². The lowest BCUT2D eigenvalue weighted by Crippen LogP contribution is -2.42. The number of rotatable bonds is 4. The summed E-state index contributed by atoms with van der Waals surface area (Å²) in [6, 6.07) is 11.3. The Labute approximate surface area is 135 Å². The van der Waals surface area contributed by atoms with Gasteiger partial charge in [0.15, 0.2) is 0 Å². The second-order valence-corrected chi connectivity index (χ2v) is 6.38. The zero-order valence-electron chi connectivity index (χ0n) is 13.3. The molecule has 2 N–H and O–H groups in total. The van der Waals surface area contributed by atoms with Crippen LogP contribution < -0.4 is 4.74 Å². The molecular formula is C19H22O4. The average Bonchev–Trinajstić information content (AvgIpc) is 2.54. The molecule has 2 aromatic rings. The molecule has 1 aliphatic rings. The number of carboxylic acid groups (broad SMARTS) is 1. The molecule has 0 amide bonds. The molecule has 4 nitrogen and oxygen atoms in total. The molecule has 0 radical (unpaired) electrons. The number of methoxy groups -OCH3 is 1. The van der Waals surface area contributed by atoms with Gasteiger partial charge < -0.3 is 14.9 Å². The zero-order valence-corrected chi connectivity index (χ0v) is 13.3. The molecule has 0 saturated heterocycles. The number of aliphatic carboxylic acids is 1. The highest BCUT2D eigenvalue weighted by Gasteiger charge is 2.43. The highest BCUT2D eigenvalue weighted by molar-refractivity contribution is 5.90. The molecule has 1 fully saturated rings. The fraction of sp³-hybridized carbons (Fsp3) is 0.421. The minimum absolute atomic E-state index is 0.536. The molecule has 23 heavy (non-hydrogen) atoms. The van der Waals surface area contributed by atoms with Crippen LogP contribution in [0, 0.1) is 0 Å². The molecule has 1 atom stereocenters. The Kier molecular flexibility index (Phi) is 4.26. The quantitative estimate of drug-likeness (QED) is 0.903. The van der Waals surface area contributed by atoms with Crippen LogP contribution in [0.15, 0.2) is 36.4 Å². The molecule has 2 aromatic carbocycles. The zero-order chi connectivity index (χ0) is 16.4. The molecule has 4 heteroatoms. The van der Waals surface area contributed by atoms with Gasteiger partial charge in [-0.05, 0) is 35.9 Å². The van der Waals surface area contributed by atoms with Crippen molar-refractivity contribution in [2.45, 2.75) is 43.6 Å². The van der Waals surface area contributed by atoms with Gasteiger partial charge in [0.2, 0.25) is 0 Å². The van der Waals surface area contributed by atoms with Gasteiger partial charge in [-0.25, -0.2) is 0 Å². The van der Waals surface area contributed by atoms with Crippen LogP contribution in [-0.4, -0.2) is 28.9 Å². The van der Waals surface area contributed by atoms with Crippen molar-refractivity contribution < 1.29 is 19.7 Å². The minimum Gasteiger partial charge on any atom is -0.496 e. The fourth-order valence-electron chi connectivity index (χ4n) is 3.75. The van der Waals surface area contributed by atoms with Gasteiger partial charge in [0.25, 0.3) is 0 Å². The number of carbonyl (C=O) groups is 1. The molecule has 1 aliphatic carbocycles. The van der Waals surface area contributed by atoms with E-state index < -0.39 is 17.5 Å². The first-order chi connectivity index (χ1) is 11.0. The summed E-state index contributed by atoms with van der Waals surface area (Å²) in [5.74, 6) is -1.16. The first-order valence-electron chi connectivity index (χ1n) is 8.07. The summed E-state index contributed by atoms with van der Waals surface area (Å²) in [5.41, 5.74) is -0.529. The van der Waals surface area contributed by atoms with E-state index in [1.54, 1.807) is 7.11 Å². The molecule has 0 aromatic heterocycles. The Balaban J connectivity index is 2.09. The van der Waals surface area contributed by atoms with Gasteiger partial charge in [-0.15, -0.1) is 0 Å². The van der Waals surface area contributed by atoms with E-state index in [1.165, 1.54) is 0 Å². The first kappa shape index (κ1) is 15.8. The number of aliphatic hydroxyl groups is 1. The van der Waals surface area contributed by atoms with Crippen molar-refractivity contribution in [1.82, 2.24) is 0 Å². The maximum absolute atomic E-state index is 11.9. The minimum atomic E-state index is -1.17. The Hall–Kier alpha value is -2.07. The largest absolute Gasteiger partial charge is 0.496 e. The molecule has 0 aliphatic heterocycles. The van der Waals surface area contributed by atoms with E-state index in [0.29, 0.717) is 24.2 Å². The second-order valence-electron chi connectivity index (χ2n) is 6.38. The van der Waals surface area contributed by atoms with Crippen LogP contribution in [0.25, 0.3) is 10.8 Å². The number of hydrogen-bond donors (Lipinski definition) is 2. The third-order valence-corrected chi connectivity index (χ3v) is 4.92. The molecule has 122 valence electrons. The predicted molar refractivity (Wildman–Crippen MR) is 88.9 cm³/mol. The van der Waals surface area contributed by atoms with Gasteiger partial charge >= 0.3 is 5.97 Å². The van der Waals surface area contributed by atoms with Crippen LogP contribution in [0.3, 0.4) is 0 Å². The number of carboxylic acids is 1. The van der Waals surface area contributed by atoms with Crippen molar-refractivity contribution >= 4 is 16.7 Å². The monoisotopic (exact) mass is 314 g/mol. The van der Waals surface area contributed by atoms with Crippen LogP contribution >= 0.6 is 0 Å². The number of hydrogen-bond acceptors (Lipinski definition) is 3. The van der Waals surface area contributed by atoms with Crippen molar-refractivity contribution in [2.24, 2.45) is 0 Å². The van der Waals surface area contributed by atoms with Gasteiger partial charge in [0, 0.05) is 5.39 Å². The van der Waals surface area contributed by atoms with E-state index in [4.69, 9.17) is 4.74 Å². The molecule has 0 spiro atoms. The predicted octanol–water partition coefficient (Wildman–Crippen LogP) is 3.71. The normalized spacial score (nSPS) is 18.5. The summed E-state index contributed by atoms with van der Waals surface area (Å²) >= 11 is 0. The standard InChI is InChI=1S/C19H22O4/c1-23-16-7-5-6-13-8-9-14(12-15(13)16)17(18(20)21)19(22)10-3-2-4-11-19/h5-9,12,17,22H,2-4,10-11H2,1H3,(H,20,21). The van der Waals surface area contributed by atoms with Gasteiger partial charge in [-0.3, -0.25) is 4.79 Å². The third kappa shape index (κ3) is 2.91. The van der Waals surface area contributed by atoms with Crippen LogP contribution in [0.2, 0.25) is 0 Å². The highest BCUT2D eigenvalue weighted by Crippen LogP contribution is 2.41. The van der Waals surface area contributed by atoms with E-state index in [2.05, 4.69) is 0 Å². The van der Waals surface area contributed by atoms with Crippen LogP contribution in [0.1, 0.15) is 43.6 Å². The summed E-state index contributed by atoms with van der Waals surface area (Å²) < 4.78 is 5.38. The molecule has 0 bridgehead atoms. The average molecular weight is 314 g/mol. The maximum atomic E-state index is 11.9. The topological polar surface area (TPSA) is 66.8 Å². The van der Waals surface area contributed by atoms with E-state index in [9.17, 15) is 15.0 Å². The third-order valence-electron chi connectivity index (χ3n) is 4.92. The Morgan fingerprint density at radius 3 is 2.57 bits per heavy atom. The lowest BCUT2D eigenvalue weighted by molar-refractivity contribution is -0.147. The maximum Gasteiger partial charge on any atom is 0.313 e. The number of ether oxygens (including phenoxy) is 1. The van der Waals surface area contributed by atoms with Crippen molar-refractivity contribution in [3.8, 4) is 5.75 Å². The van der Waals surface area contributed by atoms with Crippen LogP contribution in [-0.2, 0) is 4.79 Å². The highest BCUT2D eigenvalue weighted by atomic mass is 16.5. The summed E-state index contributed by atoms with van der Waals surface area (Å²) in [5, 5.41) is 22.6. The van der Waals surface area contributed by atoms with E-state index >= 15 is 0 Å². The first-order valence-corrected chi connectivity index (χ1v) is 8.07. The lowest BCUT2D eigenvalue weighted by atomic mass is 9.72. The van der Waals surface area contributed by atoms with E-state index in [0.717, 1.165) is 30.0 Å². The molecule has 1 saturated carbocycles. The van der Waals surface area contributed by atoms with E-state index in [-0.39, 0.29) is 0 Å². The van der Waals surface area contributed by atoms with Crippen molar-refractivity contribution in [1.29, 1.82) is 0 Å². The molecule has 1 unspecified atom stereocenters. The fourth-order valence-corrected chi connectivity index (χ4v) is 3.75. The lowest BCUT2D eigenvalue weighted by Gasteiger charge is -2.37.